The summed E-state index contributed by atoms with van der Waals surface area (Å²) in [5.74, 6) is -0.342. The zero-order valence-corrected chi connectivity index (χ0v) is 18.1. The second kappa shape index (κ2) is 8.91. The number of carbonyl (C=O) groups is 1. The summed E-state index contributed by atoms with van der Waals surface area (Å²) in [6.45, 7) is 3.84. The molecular weight excluding hydrogens is 394 g/mol. The van der Waals surface area contributed by atoms with Gasteiger partial charge in [0.15, 0.2) is 11.2 Å². The summed E-state index contributed by atoms with van der Waals surface area (Å²) < 4.78 is 4.47. The van der Waals surface area contributed by atoms with Crippen LogP contribution in [-0.2, 0) is 17.9 Å². The van der Waals surface area contributed by atoms with Crippen molar-refractivity contribution in [2.24, 2.45) is 0 Å². The van der Waals surface area contributed by atoms with Gasteiger partial charge in [-0.3, -0.25) is 14.2 Å². The van der Waals surface area contributed by atoms with Crippen molar-refractivity contribution in [1.29, 1.82) is 0 Å². The van der Waals surface area contributed by atoms with Crippen molar-refractivity contribution in [3.63, 3.8) is 0 Å². The molecule has 164 valence electrons. The second-order valence-corrected chi connectivity index (χ2v) is 8.38. The maximum Gasteiger partial charge on any atom is 0.333 e. The SMILES string of the molecule is CC[C@H](C)NC(=O)Cn1c(=O)c2c(ncn2C2CCCC2)n(Cc2ccccc2)c1=O. The van der Waals surface area contributed by atoms with Gasteiger partial charge in [-0.2, -0.15) is 0 Å². The number of imidazole rings is 1. The average molecular weight is 424 g/mol. The van der Waals surface area contributed by atoms with E-state index < -0.39 is 11.2 Å². The van der Waals surface area contributed by atoms with Crippen LogP contribution in [0.15, 0.2) is 46.2 Å². The maximum atomic E-state index is 13.4. The summed E-state index contributed by atoms with van der Waals surface area (Å²) in [5.41, 5.74) is 0.740. The van der Waals surface area contributed by atoms with E-state index in [0.717, 1.165) is 42.2 Å². The lowest BCUT2D eigenvalue weighted by Gasteiger charge is -2.16. The van der Waals surface area contributed by atoms with E-state index in [1.807, 2.05) is 48.7 Å². The highest BCUT2D eigenvalue weighted by atomic mass is 16.2. The zero-order chi connectivity index (χ0) is 22.0. The van der Waals surface area contributed by atoms with Crippen LogP contribution in [0.2, 0.25) is 0 Å². The summed E-state index contributed by atoms with van der Waals surface area (Å²) in [7, 11) is 0. The van der Waals surface area contributed by atoms with Crippen LogP contribution in [-0.4, -0.2) is 30.6 Å². The maximum absolute atomic E-state index is 13.4. The van der Waals surface area contributed by atoms with Crippen LogP contribution in [0.4, 0.5) is 0 Å². The van der Waals surface area contributed by atoms with Crippen LogP contribution < -0.4 is 16.6 Å². The first-order valence-corrected chi connectivity index (χ1v) is 11.0. The molecule has 31 heavy (non-hydrogen) atoms. The average Bonchev–Trinajstić information content (AvgIpc) is 3.44. The van der Waals surface area contributed by atoms with Crippen LogP contribution in [0, 0.1) is 0 Å². The number of benzene rings is 1. The predicted molar refractivity (Wildman–Crippen MR) is 119 cm³/mol. The smallest absolute Gasteiger partial charge is 0.333 e. The first kappa shape index (κ1) is 21.1. The monoisotopic (exact) mass is 423 g/mol. The summed E-state index contributed by atoms with van der Waals surface area (Å²) in [5, 5.41) is 2.84. The third-order valence-electron chi connectivity index (χ3n) is 6.16. The second-order valence-electron chi connectivity index (χ2n) is 8.38. The number of hydrogen-bond donors (Lipinski definition) is 1. The van der Waals surface area contributed by atoms with Gasteiger partial charge in [-0.05, 0) is 31.7 Å². The Hall–Kier alpha value is -3.16. The Balaban J connectivity index is 1.85. The molecule has 2 aromatic heterocycles. The Labute approximate surface area is 180 Å². The minimum atomic E-state index is -0.516. The molecule has 1 saturated carbocycles. The van der Waals surface area contributed by atoms with E-state index in [1.165, 1.54) is 4.57 Å². The molecule has 4 rings (SSSR count). The van der Waals surface area contributed by atoms with Crippen molar-refractivity contribution >= 4 is 17.1 Å². The molecule has 0 saturated heterocycles. The van der Waals surface area contributed by atoms with Crippen molar-refractivity contribution in [3.05, 3.63) is 63.1 Å². The fourth-order valence-electron chi connectivity index (χ4n) is 4.28. The van der Waals surface area contributed by atoms with Crippen LogP contribution in [0.1, 0.15) is 57.6 Å². The van der Waals surface area contributed by atoms with E-state index in [4.69, 9.17) is 0 Å². The highest BCUT2D eigenvalue weighted by Gasteiger charge is 2.25. The molecule has 1 fully saturated rings. The molecule has 1 aliphatic carbocycles. The molecule has 3 aromatic rings. The molecule has 1 atom stereocenters. The van der Waals surface area contributed by atoms with E-state index in [9.17, 15) is 14.4 Å². The molecule has 1 N–H and O–H groups in total. The molecule has 0 aliphatic heterocycles. The normalized spacial score (nSPS) is 15.4. The zero-order valence-electron chi connectivity index (χ0n) is 18.1. The fraction of sp³-hybridized carbons (Fsp3) is 0.478. The highest BCUT2D eigenvalue weighted by Crippen LogP contribution is 2.31. The summed E-state index contributed by atoms with van der Waals surface area (Å²) in [4.78, 5) is 43.7. The lowest BCUT2D eigenvalue weighted by molar-refractivity contribution is -0.122. The molecule has 0 bridgehead atoms. The van der Waals surface area contributed by atoms with Crippen LogP contribution in [0.25, 0.3) is 11.2 Å². The molecule has 0 radical (unpaired) electrons. The number of carbonyl (C=O) groups excluding carboxylic acids is 1. The largest absolute Gasteiger partial charge is 0.352 e. The van der Waals surface area contributed by atoms with E-state index in [1.54, 1.807) is 6.33 Å². The Bertz CT molecular complexity index is 1190. The van der Waals surface area contributed by atoms with Gasteiger partial charge in [-0.15, -0.1) is 0 Å². The van der Waals surface area contributed by atoms with Crippen LogP contribution >= 0.6 is 0 Å². The van der Waals surface area contributed by atoms with Gasteiger partial charge in [0, 0.05) is 12.1 Å². The van der Waals surface area contributed by atoms with Gasteiger partial charge in [-0.25, -0.2) is 14.3 Å². The molecule has 1 aliphatic rings. The third kappa shape index (κ3) is 4.19. The van der Waals surface area contributed by atoms with Crippen LogP contribution in [0.5, 0.6) is 0 Å². The molecule has 0 spiro atoms. The Morgan fingerprint density at radius 3 is 2.55 bits per heavy atom. The van der Waals surface area contributed by atoms with Gasteiger partial charge in [0.05, 0.1) is 12.9 Å². The van der Waals surface area contributed by atoms with Crippen molar-refractivity contribution < 1.29 is 4.79 Å². The lowest BCUT2D eigenvalue weighted by Crippen LogP contribution is -2.45. The number of nitrogens with zero attached hydrogens (tertiary/aromatic N) is 4. The highest BCUT2D eigenvalue weighted by molar-refractivity contribution is 5.77. The topological polar surface area (TPSA) is 90.9 Å². The number of aromatic nitrogens is 4. The van der Waals surface area contributed by atoms with Gasteiger partial charge < -0.3 is 9.88 Å². The van der Waals surface area contributed by atoms with Crippen molar-refractivity contribution in [1.82, 2.24) is 24.0 Å². The third-order valence-corrected chi connectivity index (χ3v) is 6.16. The molecule has 1 aromatic carbocycles. The Morgan fingerprint density at radius 2 is 1.87 bits per heavy atom. The molecule has 8 heteroatoms. The van der Waals surface area contributed by atoms with Crippen LogP contribution in [0.3, 0.4) is 0 Å². The molecule has 1 amide bonds. The number of fused-ring (bicyclic) bond motifs is 1. The van der Waals surface area contributed by atoms with Gasteiger partial charge in [0.2, 0.25) is 5.91 Å². The fourth-order valence-corrected chi connectivity index (χ4v) is 4.28. The van der Waals surface area contributed by atoms with Crippen molar-refractivity contribution in [3.8, 4) is 0 Å². The van der Waals surface area contributed by atoms with Gasteiger partial charge in [0.25, 0.3) is 5.56 Å². The minimum Gasteiger partial charge on any atom is -0.352 e. The van der Waals surface area contributed by atoms with Crippen molar-refractivity contribution in [2.75, 3.05) is 0 Å². The minimum absolute atomic E-state index is 0.0255. The van der Waals surface area contributed by atoms with E-state index in [2.05, 4.69) is 10.3 Å². The predicted octanol–water partition coefficient (Wildman–Crippen LogP) is 2.44. The molecule has 0 unspecified atom stereocenters. The standard InChI is InChI=1S/C23H29N5O3/c1-3-16(2)25-19(29)14-27-22(30)20-21(24-15-28(20)18-11-7-8-12-18)26(23(27)31)13-17-9-5-4-6-10-17/h4-6,9-10,15-16,18H,3,7-8,11-14H2,1-2H3,(H,25,29)/t16-/m0/s1. The molecule has 8 nitrogen and oxygen atoms in total. The number of nitrogens with one attached hydrogen (secondary N) is 1. The number of hydrogen-bond acceptors (Lipinski definition) is 4. The Kier molecular flexibility index (Phi) is 6.06. The van der Waals surface area contributed by atoms with E-state index in [0.29, 0.717) is 11.2 Å². The summed E-state index contributed by atoms with van der Waals surface area (Å²) in [6, 6.07) is 9.75. The molecule has 2 heterocycles. The summed E-state index contributed by atoms with van der Waals surface area (Å²) in [6.07, 6.45) is 6.63. The van der Waals surface area contributed by atoms with E-state index in [-0.39, 0.29) is 31.1 Å². The number of rotatable bonds is 7. The van der Waals surface area contributed by atoms with Gasteiger partial charge >= 0.3 is 5.69 Å². The number of amides is 1. The molecular formula is C23H29N5O3. The quantitative estimate of drug-likeness (QED) is 0.632. The van der Waals surface area contributed by atoms with Crippen molar-refractivity contribution in [2.45, 2.75) is 71.1 Å². The first-order chi connectivity index (χ1) is 15.0. The Morgan fingerprint density at radius 1 is 1.16 bits per heavy atom. The van der Waals surface area contributed by atoms with Gasteiger partial charge in [0.1, 0.15) is 6.54 Å². The van der Waals surface area contributed by atoms with E-state index >= 15 is 0 Å². The lowest BCUT2D eigenvalue weighted by atomic mass is 10.2. The summed E-state index contributed by atoms with van der Waals surface area (Å²) >= 11 is 0. The van der Waals surface area contributed by atoms with Gasteiger partial charge in [-0.1, -0.05) is 50.1 Å². The first-order valence-electron chi connectivity index (χ1n) is 11.0.